The molecule has 1 atom stereocenters. The van der Waals surface area contributed by atoms with Crippen LogP contribution in [0.15, 0.2) is 30.3 Å². The van der Waals surface area contributed by atoms with E-state index >= 15 is 0 Å². The van der Waals surface area contributed by atoms with Gasteiger partial charge in [0, 0.05) is 4.32 Å². The molecule has 1 unspecified atom stereocenters. The Bertz CT molecular complexity index is 239. The van der Waals surface area contributed by atoms with Gasteiger partial charge in [-0.25, -0.2) is 0 Å². The van der Waals surface area contributed by atoms with Crippen molar-refractivity contribution < 1.29 is 0 Å². The highest BCUT2D eigenvalue weighted by molar-refractivity contribution is 9.10. The second-order valence-corrected chi connectivity index (χ2v) is 5.74. The van der Waals surface area contributed by atoms with Crippen molar-refractivity contribution in [2.24, 2.45) is 0 Å². The average Bonchev–Trinajstić information content (AvgIpc) is 2.04. The third-order valence-electron chi connectivity index (χ3n) is 2.19. The molecule has 1 rings (SSSR count). The van der Waals surface area contributed by atoms with E-state index in [9.17, 15) is 0 Å². The van der Waals surface area contributed by atoms with Crippen LogP contribution in [-0.2, 0) is 6.42 Å². The van der Waals surface area contributed by atoms with E-state index in [0.29, 0.717) is 0 Å². The van der Waals surface area contributed by atoms with Crippen LogP contribution in [0.1, 0.15) is 32.3 Å². The SMILES string of the molecule is CCCC(C)(Br)Cc1ccccc1. The molecule has 0 saturated heterocycles. The summed E-state index contributed by atoms with van der Waals surface area (Å²) in [6.45, 7) is 4.49. The molecule has 1 aromatic carbocycles. The highest BCUT2D eigenvalue weighted by Crippen LogP contribution is 2.27. The van der Waals surface area contributed by atoms with Crippen LogP contribution in [0.3, 0.4) is 0 Å². The van der Waals surface area contributed by atoms with Gasteiger partial charge < -0.3 is 0 Å². The highest BCUT2D eigenvalue weighted by atomic mass is 79.9. The monoisotopic (exact) mass is 240 g/mol. The summed E-state index contributed by atoms with van der Waals surface area (Å²) in [5, 5.41) is 0. The van der Waals surface area contributed by atoms with Gasteiger partial charge in [0.2, 0.25) is 0 Å². The molecule has 0 N–H and O–H groups in total. The van der Waals surface area contributed by atoms with Crippen molar-refractivity contribution in [3.63, 3.8) is 0 Å². The summed E-state index contributed by atoms with van der Waals surface area (Å²) in [5.74, 6) is 0. The number of halogens is 1. The zero-order valence-electron chi connectivity index (χ0n) is 8.39. The zero-order valence-corrected chi connectivity index (χ0v) is 9.97. The third-order valence-corrected chi connectivity index (χ3v) is 2.86. The van der Waals surface area contributed by atoms with Gasteiger partial charge in [0.05, 0.1) is 0 Å². The van der Waals surface area contributed by atoms with Crippen molar-refractivity contribution in [1.29, 1.82) is 0 Å². The van der Waals surface area contributed by atoms with Gasteiger partial charge in [-0.2, -0.15) is 0 Å². The predicted molar refractivity (Wildman–Crippen MR) is 62.4 cm³/mol. The first-order chi connectivity index (χ1) is 6.14. The Morgan fingerprint density at radius 3 is 2.38 bits per heavy atom. The van der Waals surface area contributed by atoms with Crippen molar-refractivity contribution in [2.75, 3.05) is 0 Å². The molecule has 72 valence electrons. The molecule has 0 aliphatic rings. The van der Waals surface area contributed by atoms with Crippen molar-refractivity contribution in [3.05, 3.63) is 35.9 Å². The van der Waals surface area contributed by atoms with Crippen LogP contribution in [0.5, 0.6) is 0 Å². The molecule has 0 saturated carbocycles. The molecule has 1 heteroatoms. The van der Waals surface area contributed by atoms with Gasteiger partial charge >= 0.3 is 0 Å². The lowest BCUT2D eigenvalue weighted by Gasteiger charge is -2.21. The molecule has 0 amide bonds. The number of hydrogen-bond acceptors (Lipinski definition) is 0. The van der Waals surface area contributed by atoms with Crippen molar-refractivity contribution in [1.82, 2.24) is 0 Å². The molecule has 0 radical (unpaired) electrons. The van der Waals surface area contributed by atoms with Crippen molar-refractivity contribution in [3.8, 4) is 0 Å². The van der Waals surface area contributed by atoms with Gasteiger partial charge in [0.15, 0.2) is 0 Å². The maximum atomic E-state index is 3.78. The highest BCUT2D eigenvalue weighted by Gasteiger charge is 2.18. The summed E-state index contributed by atoms with van der Waals surface area (Å²) >= 11 is 3.78. The van der Waals surface area contributed by atoms with E-state index in [1.54, 1.807) is 0 Å². The first-order valence-electron chi connectivity index (χ1n) is 4.87. The fourth-order valence-corrected chi connectivity index (χ4v) is 2.35. The smallest absolute Gasteiger partial charge is 0.0270 e. The lowest BCUT2D eigenvalue weighted by molar-refractivity contribution is 0.586. The Hall–Kier alpha value is -0.300. The van der Waals surface area contributed by atoms with Crippen molar-refractivity contribution >= 4 is 15.9 Å². The molecular formula is C12H17Br. The Morgan fingerprint density at radius 2 is 1.85 bits per heavy atom. The molecule has 1 aromatic rings. The quantitative estimate of drug-likeness (QED) is 0.693. The fourth-order valence-electron chi connectivity index (χ4n) is 1.63. The van der Waals surface area contributed by atoms with E-state index in [1.165, 1.54) is 18.4 Å². The molecule has 0 spiro atoms. The molecule has 0 fully saturated rings. The van der Waals surface area contributed by atoms with Crippen LogP contribution in [0.25, 0.3) is 0 Å². The third kappa shape index (κ3) is 3.95. The molecule has 0 bridgehead atoms. The van der Waals surface area contributed by atoms with E-state index in [-0.39, 0.29) is 4.32 Å². The van der Waals surface area contributed by atoms with Gasteiger partial charge in [-0.15, -0.1) is 0 Å². The van der Waals surface area contributed by atoms with Crippen LogP contribution in [0, 0.1) is 0 Å². The lowest BCUT2D eigenvalue weighted by atomic mass is 9.97. The van der Waals surface area contributed by atoms with E-state index in [1.807, 2.05) is 0 Å². The number of hydrogen-bond donors (Lipinski definition) is 0. The van der Waals surface area contributed by atoms with Gasteiger partial charge in [-0.3, -0.25) is 0 Å². The van der Waals surface area contributed by atoms with E-state index < -0.39 is 0 Å². The lowest BCUT2D eigenvalue weighted by Crippen LogP contribution is -2.18. The Balaban J connectivity index is 2.58. The van der Waals surface area contributed by atoms with Gasteiger partial charge in [-0.05, 0) is 25.3 Å². The minimum absolute atomic E-state index is 0.267. The standard InChI is InChI=1S/C12H17Br/c1-3-9-12(2,13)10-11-7-5-4-6-8-11/h4-8H,3,9-10H2,1-2H3. The molecule has 0 nitrogen and oxygen atoms in total. The summed E-state index contributed by atoms with van der Waals surface area (Å²) in [5.41, 5.74) is 1.41. The van der Waals surface area contributed by atoms with Crippen LogP contribution in [0.2, 0.25) is 0 Å². The van der Waals surface area contributed by atoms with Crippen LogP contribution >= 0.6 is 15.9 Å². The summed E-state index contributed by atoms with van der Waals surface area (Å²) < 4.78 is 0.267. The normalized spacial score (nSPS) is 15.3. The first kappa shape index (κ1) is 10.8. The van der Waals surface area contributed by atoms with Crippen LogP contribution in [0.4, 0.5) is 0 Å². The second-order valence-electron chi connectivity index (χ2n) is 3.83. The van der Waals surface area contributed by atoms with Gasteiger partial charge in [-0.1, -0.05) is 59.6 Å². The fraction of sp³-hybridized carbons (Fsp3) is 0.500. The van der Waals surface area contributed by atoms with Gasteiger partial charge in [0.25, 0.3) is 0 Å². The second kappa shape index (κ2) is 4.80. The van der Waals surface area contributed by atoms with Gasteiger partial charge in [0.1, 0.15) is 0 Å². The van der Waals surface area contributed by atoms with Crippen LogP contribution in [-0.4, -0.2) is 4.32 Å². The van der Waals surface area contributed by atoms with E-state index in [4.69, 9.17) is 0 Å². The predicted octanol–water partition coefficient (Wildman–Crippen LogP) is 4.18. The summed E-state index contributed by atoms with van der Waals surface area (Å²) in [7, 11) is 0. The largest absolute Gasteiger partial charge is 0.0853 e. The van der Waals surface area contributed by atoms with Crippen LogP contribution < -0.4 is 0 Å². The Morgan fingerprint density at radius 1 is 1.23 bits per heavy atom. The summed E-state index contributed by atoms with van der Waals surface area (Å²) in [4.78, 5) is 0. The van der Waals surface area contributed by atoms with E-state index in [2.05, 4.69) is 60.1 Å². The van der Waals surface area contributed by atoms with Crippen molar-refractivity contribution in [2.45, 2.75) is 37.4 Å². The van der Waals surface area contributed by atoms with E-state index in [0.717, 1.165) is 6.42 Å². The zero-order chi connectivity index (χ0) is 9.73. The average molecular weight is 241 g/mol. The molecule has 0 heterocycles. The summed E-state index contributed by atoms with van der Waals surface area (Å²) in [6, 6.07) is 10.6. The molecule has 0 aliphatic heterocycles. The molecule has 13 heavy (non-hydrogen) atoms. The first-order valence-corrected chi connectivity index (χ1v) is 5.66. The maximum Gasteiger partial charge on any atom is 0.0270 e. The topological polar surface area (TPSA) is 0 Å². The molecular weight excluding hydrogens is 224 g/mol. The number of alkyl halides is 1. The molecule has 0 aromatic heterocycles. The summed E-state index contributed by atoms with van der Waals surface area (Å²) in [6.07, 6.45) is 3.57. The maximum absolute atomic E-state index is 3.78. The number of rotatable bonds is 4. The molecule has 0 aliphatic carbocycles. The Labute approximate surface area is 89.5 Å². The number of benzene rings is 1. The minimum Gasteiger partial charge on any atom is -0.0853 e. The Kier molecular flexibility index (Phi) is 3.98. The minimum atomic E-state index is 0.267.